The summed E-state index contributed by atoms with van der Waals surface area (Å²) in [6.45, 7) is 18.2. The second-order valence-electron chi connectivity index (χ2n) is 10.4. The zero-order chi connectivity index (χ0) is 21.3. The zero-order valence-corrected chi connectivity index (χ0v) is 19.5. The van der Waals surface area contributed by atoms with Crippen LogP contribution in [0.5, 0.6) is 0 Å². The van der Waals surface area contributed by atoms with Crippen molar-refractivity contribution < 1.29 is 19.1 Å². The second-order valence-corrected chi connectivity index (χ2v) is 15.2. The van der Waals surface area contributed by atoms with E-state index in [0.717, 1.165) is 6.42 Å². The van der Waals surface area contributed by atoms with Crippen LogP contribution in [-0.2, 0) is 9.16 Å². The van der Waals surface area contributed by atoms with Gasteiger partial charge in [0, 0.05) is 0 Å². The molecule has 0 aromatic carbocycles. The summed E-state index contributed by atoms with van der Waals surface area (Å²) in [5, 5.41) is 19.5. The number of hydrogen-bond acceptors (Lipinski definition) is 5. The minimum atomic E-state index is -1.96. The lowest BCUT2D eigenvalue weighted by molar-refractivity contribution is -0.00631. The van der Waals surface area contributed by atoms with Crippen LogP contribution in [-0.4, -0.2) is 55.3 Å². The summed E-state index contributed by atoms with van der Waals surface area (Å²) in [6.07, 6.45) is 0.939. The van der Waals surface area contributed by atoms with Gasteiger partial charge in [-0.3, -0.25) is 4.90 Å². The molecule has 7 heteroatoms. The van der Waals surface area contributed by atoms with Gasteiger partial charge in [0.1, 0.15) is 5.60 Å². The highest BCUT2D eigenvalue weighted by Crippen LogP contribution is 2.40. The van der Waals surface area contributed by atoms with Crippen LogP contribution in [0.3, 0.4) is 0 Å². The maximum absolute atomic E-state index is 13.0. The molecule has 1 aliphatic heterocycles. The summed E-state index contributed by atoms with van der Waals surface area (Å²) < 4.78 is 12.0. The van der Waals surface area contributed by atoms with Crippen molar-refractivity contribution in [2.24, 2.45) is 5.41 Å². The number of nitrogens with zero attached hydrogens (tertiary/aromatic N) is 2. The van der Waals surface area contributed by atoms with Crippen molar-refractivity contribution in [1.29, 1.82) is 5.26 Å². The van der Waals surface area contributed by atoms with Crippen LogP contribution in [0.25, 0.3) is 0 Å². The number of aliphatic hydroxyl groups is 1. The van der Waals surface area contributed by atoms with Gasteiger partial charge in [0.2, 0.25) is 0 Å². The predicted octanol–water partition coefficient (Wildman–Crippen LogP) is 4.30. The van der Waals surface area contributed by atoms with Crippen molar-refractivity contribution in [3.63, 3.8) is 0 Å². The van der Waals surface area contributed by atoms with E-state index >= 15 is 0 Å². The summed E-state index contributed by atoms with van der Waals surface area (Å²) in [5.74, 6) is 0. The lowest BCUT2D eigenvalue weighted by Gasteiger charge is -2.40. The molecule has 1 heterocycles. The molecule has 1 aliphatic rings. The molecule has 27 heavy (non-hydrogen) atoms. The van der Waals surface area contributed by atoms with Crippen LogP contribution in [0.4, 0.5) is 4.79 Å². The molecule has 1 amide bonds. The largest absolute Gasteiger partial charge is 0.444 e. The maximum Gasteiger partial charge on any atom is 0.410 e. The van der Waals surface area contributed by atoms with Gasteiger partial charge in [-0.25, -0.2) is 4.79 Å². The van der Waals surface area contributed by atoms with E-state index in [1.54, 1.807) is 11.8 Å². The number of carbonyl (C=O) groups excluding carboxylic acids is 1. The van der Waals surface area contributed by atoms with E-state index in [2.05, 4.69) is 39.9 Å². The molecule has 156 valence electrons. The van der Waals surface area contributed by atoms with Crippen molar-refractivity contribution >= 4 is 14.4 Å². The van der Waals surface area contributed by atoms with Crippen molar-refractivity contribution in [3.05, 3.63) is 0 Å². The van der Waals surface area contributed by atoms with Gasteiger partial charge in [0.25, 0.3) is 0 Å². The third kappa shape index (κ3) is 5.69. The first-order valence-electron chi connectivity index (χ1n) is 9.75. The van der Waals surface area contributed by atoms with Gasteiger partial charge < -0.3 is 14.3 Å². The number of likely N-dealkylation sites (tertiary alicyclic amines) is 1. The number of carbonyl (C=O) groups is 1. The van der Waals surface area contributed by atoms with Gasteiger partial charge in [-0.05, 0) is 58.7 Å². The highest BCUT2D eigenvalue weighted by molar-refractivity contribution is 6.74. The Balaban J connectivity index is 3.09. The summed E-state index contributed by atoms with van der Waals surface area (Å²) in [4.78, 5) is 14.6. The number of rotatable bonds is 5. The van der Waals surface area contributed by atoms with Crippen LogP contribution < -0.4 is 0 Å². The molecule has 1 saturated heterocycles. The molecule has 3 atom stereocenters. The van der Waals surface area contributed by atoms with Crippen LogP contribution in [0, 0.1) is 16.7 Å². The molecule has 1 rings (SSSR count). The van der Waals surface area contributed by atoms with Gasteiger partial charge in [-0.2, -0.15) is 5.26 Å². The topological polar surface area (TPSA) is 82.8 Å². The molecule has 0 radical (unpaired) electrons. The van der Waals surface area contributed by atoms with Gasteiger partial charge in [-0.1, -0.05) is 20.8 Å². The van der Waals surface area contributed by atoms with E-state index in [-0.39, 0.29) is 17.7 Å². The SMILES string of the molecule is CC(C)(C)OC(=O)N1[C@H](CO[Si](C)(C)C(C)(C)C)CC[C@@H]1C(C)(C#N)CO. The fraction of sp³-hybridized carbons (Fsp3) is 0.900. The highest BCUT2D eigenvalue weighted by Gasteiger charge is 2.49. The third-order valence-electron chi connectivity index (χ3n) is 5.87. The first-order valence-corrected chi connectivity index (χ1v) is 12.7. The Hall–Kier alpha value is -1.10. The normalized spacial score (nSPS) is 23.7. The first-order chi connectivity index (χ1) is 12.1. The minimum Gasteiger partial charge on any atom is -0.444 e. The third-order valence-corrected chi connectivity index (χ3v) is 10.4. The molecular formula is C20H38N2O4Si. The Labute approximate surface area is 166 Å². The number of nitriles is 1. The molecule has 0 aromatic rings. The van der Waals surface area contributed by atoms with E-state index < -0.39 is 31.5 Å². The number of aliphatic hydroxyl groups excluding tert-OH is 1. The van der Waals surface area contributed by atoms with E-state index in [9.17, 15) is 15.2 Å². The fourth-order valence-electron chi connectivity index (χ4n) is 3.00. The molecular weight excluding hydrogens is 360 g/mol. The summed E-state index contributed by atoms with van der Waals surface area (Å²) >= 11 is 0. The standard InChI is InChI=1S/C20H38N2O4Si/c1-18(2,3)26-17(24)22-15(12-25-27(8,9)19(4,5)6)10-11-16(22)20(7,13-21)14-23/h15-16,23H,10-12,14H2,1-9H3/t15-,16+,20?/m0/s1. The maximum atomic E-state index is 13.0. The summed E-state index contributed by atoms with van der Waals surface area (Å²) in [5.41, 5.74) is -1.65. The van der Waals surface area contributed by atoms with Gasteiger partial charge >= 0.3 is 6.09 Å². The van der Waals surface area contributed by atoms with Crippen molar-refractivity contribution in [1.82, 2.24) is 4.90 Å². The molecule has 0 aromatic heterocycles. The Morgan fingerprint density at radius 1 is 1.19 bits per heavy atom. The molecule has 0 spiro atoms. The zero-order valence-electron chi connectivity index (χ0n) is 18.5. The quantitative estimate of drug-likeness (QED) is 0.698. The van der Waals surface area contributed by atoms with Gasteiger partial charge in [-0.15, -0.1) is 0 Å². The Morgan fingerprint density at radius 3 is 2.15 bits per heavy atom. The monoisotopic (exact) mass is 398 g/mol. The Bertz CT molecular complexity index is 574. The number of ether oxygens (including phenoxy) is 1. The van der Waals surface area contributed by atoms with Gasteiger partial charge in [0.05, 0.1) is 36.8 Å². The Kier molecular flexibility index (Phi) is 7.18. The van der Waals surface area contributed by atoms with E-state index in [1.165, 1.54) is 0 Å². The lowest BCUT2D eigenvalue weighted by Crippen LogP contribution is -2.53. The average Bonchev–Trinajstić information content (AvgIpc) is 2.94. The van der Waals surface area contributed by atoms with E-state index in [1.807, 2.05) is 20.8 Å². The first kappa shape index (κ1) is 23.9. The number of amides is 1. The Morgan fingerprint density at radius 2 is 1.74 bits per heavy atom. The van der Waals surface area contributed by atoms with E-state index in [0.29, 0.717) is 13.0 Å². The molecule has 0 bridgehead atoms. The van der Waals surface area contributed by atoms with Crippen molar-refractivity contribution in [3.8, 4) is 6.07 Å². The summed E-state index contributed by atoms with van der Waals surface area (Å²) in [6, 6.07) is 1.66. The lowest BCUT2D eigenvalue weighted by atomic mass is 9.83. The van der Waals surface area contributed by atoms with Crippen molar-refractivity contribution in [2.75, 3.05) is 13.2 Å². The predicted molar refractivity (Wildman–Crippen MR) is 109 cm³/mol. The van der Waals surface area contributed by atoms with Crippen molar-refractivity contribution in [2.45, 2.75) is 97.1 Å². The van der Waals surface area contributed by atoms with Crippen LogP contribution in [0.2, 0.25) is 18.1 Å². The minimum absolute atomic E-state index is 0.0774. The van der Waals surface area contributed by atoms with Crippen LogP contribution >= 0.6 is 0 Å². The highest BCUT2D eigenvalue weighted by atomic mass is 28.4. The molecule has 1 fully saturated rings. The van der Waals surface area contributed by atoms with Crippen LogP contribution in [0.1, 0.15) is 61.3 Å². The molecule has 6 nitrogen and oxygen atoms in total. The summed E-state index contributed by atoms with van der Waals surface area (Å²) in [7, 11) is -1.96. The molecule has 0 saturated carbocycles. The number of hydrogen-bond donors (Lipinski definition) is 1. The fourth-order valence-corrected chi connectivity index (χ4v) is 4.04. The molecule has 0 aliphatic carbocycles. The molecule has 1 N–H and O–H groups in total. The van der Waals surface area contributed by atoms with Crippen LogP contribution in [0.15, 0.2) is 0 Å². The van der Waals surface area contributed by atoms with Gasteiger partial charge in [0.15, 0.2) is 8.32 Å². The van der Waals surface area contributed by atoms with E-state index in [4.69, 9.17) is 9.16 Å². The second kappa shape index (κ2) is 8.10. The average molecular weight is 399 g/mol. The molecule has 1 unspecified atom stereocenters. The smallest absolute Gasteiger partial charge is 0.410 e.